The number of carbonyl (C=O) groups is 1. The summed E-state index contributed by atoms with van der Waals surface area (Å²) in [5.41, 5.74) is 3.15. The average molecular weight is 329 g/mol. The maximum absolute atomic E-state index is 11.6. The minimum Gasteiger partial charge on any atom is -0.267 e. The van der Waals surface area contributed by atoms with Crippen LogP contribution in [-0.2, 0) is 0 Å². The zero-order chi connectivity index (χ0) is 12.3. The van der Waals surface area contributed by atoms with Gasteiger partial charge < -0.3 is 0 Å². The van der Waals surface area contributed by atoms with Crippen molar-refractivity contribution in [1.29, 1.82) is 0 Å². The van der Waals surface area contributed by atoms with E-state index in [0.717, 1.165) is 13.5 Å². The molecule has 0 radical (unpaired) electrons. The first kappa shape index (κ1) is 12.5. The predicted molar refractivity (Wildman–Crippen MR) is 76.1 cm³/mol. The summed E-state index contributed by atoms with van der Waals surface area (Å²) in [6, 6.07) is 5.71. The number of rotatable bonds is 3. The zero-order valence-electron chi connectivity index (χ0n) is 8.94. The molecule has 2 aromatic rings. The summed E-state index contributed by atoms with van der Waals surface area (Å²) in [7, 11) is 0. The van der Waals surface area contributed by atoms with Gasteiger partial charge in [-0.2, -0.15) is 5.10 Å². The molecule has 0 bridgehead atoms. The molecular formula is C11H9BrN2OS2. The number of halogens is 1. The topological polar surface area (TPSA) is 41.5 Å². The molecule has 0 unspecified atom stereocenters. The minimum absolute atomic E-state index is 0.179. The Hall–Kier alpha value is -0.980. The molecule has 0 aliphatic rings. The molecule has 6 heteroatoms. The molecule has 17 heavy (non-hydrogen) atoms. The van der Waals surface area contributed by atoms with Gasteiger partial charge in [-0.1, -0.05) is 0 Å². The summed E-state index contributed by atoms with van der Waals surface area (Å²) in [6.45, 7) is 1.97. The summed E-state index contributed by atoms with van der Waals surface area (Å²) in [5.74, 6) is -0.179. The van der Waals surface area contributed by atoms with E-state index in [1.807, 2.05) is 30.5 Å². The number of carbonyl (C=O) groups excluding carboxylic acids is 1. The van der Waals surface area contributed by atoms with E-state index < -0.39 is 0 Å². The van der Waals surface area contributed by atoms with Gasteiger partial charge in [-0.15, -0.1) is 22.7 Å². The van der Waals surface area contributed by atoms with Crippen LogP contribution in [0.5, 0.6) is 0 Å². The molecule has 0 atom stereocenters. The van der Waals surface area contributed by atoms with Crippen LogP contribution in [0, 0.1) is 6.92 Å². The van der Waals surface area contributed by atoms with Crippen LogP contribution in [0.1, 0.15) is 20.1 Å². The van der Waals surface area contributed by atoms with Crippen molar-refractivity contribution in [2.75, 3.05) is 0 Å². The minimum atomic E-state index is -0.179. The van der Waals surface area contributed by atoms with Crippen LogP contribution in [0.4, 0.5) is 0 Å². The van der Waals surface area contributed by atoms with Gasteiger partial charge in [0.05, 0.1) is 15.6 Å². The Morgan fingerprint density at radius 1 is 1.53 bits per heavy atom. The van der Waals surface area contributed by atoms with E-state index in [4.69, 9.17) is 0 Å². The molecular weight excluding hydrogens is 320 g/mol. The number of hydrogen-bond donors (Lipinski definition) is 1. The van der Waals surface area contributed by atoms with E-state index in [1.54, 1.807) is 28.9 Å². The van der Waals surface area contributed by atoms with Gasteiger partial charge in [0.15, 0.2) is 0 Å². The summed E-state index contributed by atoms with van der Waals surface area (Å²) in [5, 5.41) is 5.73. The average Bonchev–Trinajstić information content (AvgIpc) is 2.88. The largest absolute Gasteiger partial charge is 0.272 e. The second-order valence-electron chi connectivity index (χ2n) is 3.29. The number of nitrogens with one attached hydrogen (secondary N) is 1. The van der Waals surface area contributed by atoms with E-state index in [-0.39, 0.29) is 5.91 Å². The molecule has 2 rings (SSSR count). The number of hydrazone groups is 1. The van der Waals surface area contributed by atoms with Crippen LogP contribution < -0.4 is 5.43 Å². The molecule has 2 heterocycles. The number of hydrogen-bond acceptors (Lipinski definition) is 4. The summed E-state index contributed by atoms with van der Waals surface area (Å²) in [6.07, 6.45) is 1.63. The van der Waals surface area contributed by atoms with Gasteiger partial charge in [-0.3, -0.25) is 4.79 Å². The smallest absolute Gasteiger partial charge is 0.267 e. The molecule has 0 spiro atoms. The zero-order valence-corrected chi connectivity index (χ0v) is 12.2. The van der Waals surface area contributed by atoms with Crippen molar-refractivity contribution in [2.45, 2.75) is 6.92 Å². The van der Waals surface area contributed by atoms with E-state index in [2.05, 4.69) is 26.5 Å². The second kappa shape index (κ2) is 5.57. The third-order valence-electron chi connectivity index (χ3n) is 1.94. The van der Waals surface area contributed by atoms with Gasteiger partial charge in [0.1, 0.15) is 0 Å². The fourth-order valence-electron chi connectivity index (χ4n) is 1.18. The lowest BCUT2D eigenvalue weighted by Crippen LogP contribution is -2.16. The lowest BCUT2D eigenvalue weighted by molar-refractivity contribution is 0.0955. The van der Waals surface area contributed by atoms with Gasteiger partial charge in [0, 0.05) is 15.1 Å². The third-order valence-corrected chi connectivity index (χ3v) is 4.36. The molecule has 3 nitrogen and oxygen atoms in total. The SMILES string of the molecule is Cc1cc(C(=O)NN=Cc2ccc(Br)s2)cs1. The Labute approximate surface area is 115 Å². The van der Waals surface area contributed by atoms with Crippen LogP contribution in [0.3, 0.4) is 0 Å². The molecule has 88 valence electrons. The Bertz CT molecular complexity index is 559. The highest BCUT2D eigenvalue weighted by Gasteiger charge is 2.05. The molecule has 0 aliphatic heterocycles. The van der Waals surface area contributed by atoms with E-state index in [0.29, 0.717) is 5.56 Å². The highest BCUT2D eigenvalue weighted by atomic mass is 79.9. The Kier molecular flexibility index (Phi) is 4.09. The summed E-state index contributed by atoms with van der Waals surface area (Å²) < 4.78 is 1.04. The van der Waals surface area contributed by atoms with Crippen LogP contribution in [0.25, 0.3) is 0 Å². The Morgan fingerprint density at radius 3 is 2.94 bits per heavy atom. The second-order valence-corrected chi connectivity index (χ2v) is 6.90. The predicted octanol–water partition coefficient (Wildman–Crippen LogP) is 3.64. The maximum atomic E-state index is 11.6. The van der Waals surface area contributed by atoms with Gasteiger partial charge in [-0.25, -0.2) is 5.43 Å². The molecule has 0 aliphatic carbocycles. The van der Waals surface area contributed by atoms with E-state index in [9.17, 15) is 4.79 Å². The molecule has 0 fully saturated rings. The van der Waals surface area contributed by atoms with Gasteiger partial charge in [0.2, 0.25) is 0 Å². The molecule has 1 N–H and O–H groups in total. The highest BCUT2D eigenvalue weighted by Crippen LogP contribution is 2.20. The Balaban J connectivity index is 1.94. The molecule has 1 amide bonds. The standard InChI is InChI=1S/C11H9BrN2OS2/c1-7-4-8(6-16-7)11(15)14-13-5-9-2-3-10(12)17-9/h2-6H,1H3,(H,14,15). The van der Waals surface area contributed by atoms with Gasteiger partial charge >= 0.3 is 0 Å². The quantitative estimate of drug-likeness (QED) is 0.678. The lowest BCUT2D eigenvalue weighted by atomic mass is 10.3. The van der Waals surface area contributed by atoms with E-state index >= 15 is 0 Å². The molecule has 0 aromatic carbocycles. The summed E-state index contributed by atoms with van der Waals surface area (Å²) in [4.78, 5) is 13.7. The van der Waals surface area contributed by atoms with Crippen molar-refractivity contribution in [1.82, 2.24) is 5.43 Å². The molecule has 2 aromatic heterocycles. The first-order valence-corrected chi connectivity index (χ1v) is 7.28. The van der Waals surface area contributed by atoms with Crippen molar-refractivity contribution in [3.63, 3.8) is 0 Å². The van der Waals surface area contributed by atoms with Crippen molar-refractivity contribution in [2.24, 2.45) is 5.10 Å². The molecule has 0 saturated carbocycles. The fraction of sp³-hybridized carbons (Fsp3) is 0.0909. The van der Waals surface area contributed by atoms with Gasteiger partial charge in [-0.05, 0) is 41.1 Å². The highest BCUT2D eigenvalue weighted by molar-refractivity contribution is 9.11. The Morgan fingerprint density at radius 2 is 2.35 bits per heavy atom. The normalized spacial score (nSPS) is 10.9. The monoisotopic (exact) mass is 328 g/mol. The van der Waals surface area contributed by atoms with Crippen LogP contribution in [0.15, 0.2) is 32.5 Å². The van der Waals surface area contributed by atoms with Crippen molar-refractivity contribution in [3.05, 3.63) is 42.7 Å². The molecule has 0 saturated heterocycles. The third kappa shape index (κ3) is 3.49. The van der Waals surface area contributed by atoms with Crippen molar-refractivity contribution in [3.8, 4) is 0 Å². The van der Waals surface area contributed by atoms with Crippen LogP contribution >= 0.6 is 38.6 Å². The van der Waals surface area contributed by atoms with Gasteiger partial charge in [0.25, 0.3) is 5.91 Å². The fourth-order valence-corrected chi connectivity index (χ4v) is 3.16. The van der Waals surface area contributed by atoms with Crippen LogP contribution in [-0.4, -0.2) is 12.1 Å². The first-order chi connectivity index (χ1) is 8.15. The lowest BCUT2D eigenvalue weighted by Gasteiger charge is -1.94. The van der Waals surface area contributed by atoms with Crippen molar-refractivity contribution >= 4 is 50.7 Å². The van der Waals surface area contributed by atoms with Crippen LogP contribution in [0.2, 0.25) is 0 Å². The number of thiophene rings is 2. The summed E-state index contributed by atoms with van der Waals surface area (Å²) >= 11 is 6.47. The number of nitrogens with zero attached hydrogens (tertiary/aromatic N) is 1. The van der Waals surface area contributed by atoms with E-state index in [1.165, 1.54) is 0 Å². The number of aryl methyl sites for hydroxylation is 1. The number of amides is 1. The maximum Gasteiger partial charge on any atom is 0.272 e. The van der Waals surface area contributed by atoms with Crippen molar-refractivity contribution < 1.29 is 4.79 Å². The first-order valence-electron chi connectivity index (χ1n) is 4.79.